The van der Waals surface area contributed by atoms with E-state index in [1.165, 1.54) is 12.3 Å². The molecule has 126 valence electrons. The van der Waals surface area contributed by atoms with Crippen LogP contribution in [0.2, 0.25) is 0 Å². The smallest absolute Gasteiger partial charge is 0.274 e. The molecule has 4 rings (SSSR count). The first kappa shape index (κ1) is 15.7. The highest BCUT2D eigenvalue weighted by atomic mass is 16.3. The van der Waals surface area contributed by atoms with Crippen LogP contribution in [0.4, 0.5) is 5.69 Å². The number of carbonyl (C=O) groups is 1. The van der Waals surface area contributed by atoms with E-state index in [0.717, 1.165) is 16.3 Å². The van der Waals surface area contributed by atoms with Crippen LogP contribution >= 0.6 is 0 Å². The number of phenols is 1. The van der Waals surface area contributed by atoms with Crippen LogP contribution in [-0.4, -0.2) is 26.0 Å². The summed E-state index contributed by atoms with van der Waals surface area (Å²) >= 11 is 0. The summed E-state index contributed by atoms with van der Waals surface area (Å²) in [4.78, 5) is 25.2. The third-order valence-corrected chi connectivity index (χ3v) is 3.90. The fourth-order valence-corrected chi connectivity index (χ4v) is 2.70. The predicted molar refractivity (Wildman–Crippen MR) is 98.8 cm³/mol. The van der Waals surface area contributed by atoms with E-state index in [4.69, 9.17) is 0 Å². The minimum absolute atomic E-state index is 0.0812. The third-order valence-electron chi connectivity index (χ3n) is 3.90. The molecule has 0 atom stereocenters. The number of amides is 1. The second-order valence-electron chi connectivity index (χ2n) is 5.68. The maximum Gasteiger partial charge on any atom is 0.274 e. The van der Waals surface area contributed by atoms with Gasteiger partial charge in [0.15, 0.2) is 5.82 Å². The zero-order chi connectivity index (χ0) is 17.9. The highest BCUT2D eigenvalue weighted by molar-refractivity contribution is 6.08. The molecule has 0 radical (unpaired) electrons. The lowest BCUT2D eigenvalue weighted by molar-refractivity contribution is 0.102. The zero-order valence-corrected chi connectivity index (χ0v) is 13.6. The molecule has 6 heteroatoms. The van der Waals surface area contributed by atoms with Crippen LogP contribution in [0.1, 0.15) is 10.5 Å². The molecular weight excluding hydrogens is 328 g/mol. The molecule has 0 aliphatic heterocycles. The van der Waals surface area contributed by atoms with Gasteiger partial charge in [0.25, 0.3) is 5.91 Å². The first-order valence-electron chi connectivity index (χ1n) is 7.97. The van der Waals surface area contributed by atoms with Crippen LogP contribution in [0.15, 0.2) is 73.2 Å². The number of rotatable bonds is 3. The first-order valence-corrected chi connectivity index (χ1v) is 7.97. The van der Waals surface area contributed by atoms with E-state index in [-0.39, 0.29) is 17.4 Å². The highest BCUT2D eigenvalue weighted by Gasteiger charge is 2.12. The number of nitrogens with zero attached hydrogens (tertiary/aromatic N) is 3. The van der Waals surface area contributed by atoms with E-state index in [0.29, 0.717) is 11.5 Å². The number of phenolic OH excluding ortho intramolecular Hbond substituents is 1. The Morgan fingerprint density at radius 2 is 1.88 bits per heavy atom. The van der Waals surface area contributed by atoms with Crippen LogP contribution in [0.5, 0.6) is 5.75 Å². The summed E-state index contributed by atoms with van der Waals surface area (Å²) in [7, 11) is 0. The summed E-state index contributed by atoms with van der Waals surface area (Å²) in [6.45, 7) is 0. The fourth-order valence-electron chi connectivity index (χ4n) is 2.70. The summed E-state index contributed by atoms with van der Waals surface area (Å²) < 4.78 is 0. The number of aromatic nitrogens is 3. The van der Waals surface area contributed by atoms with E-state index in [1.807, 2.05) is 30.3 Å². The summed E-state index contributed by atoms with van der Waals surface area (Å²) in [6, 6.07) is 15.8. The number of nitrogens with one attached hydrogen (secondary N) is 1. The number of benzene rings is 2. The second kappa shape index (κ2) is 6.60. The van der Waals surface area contributed by atoms with Gasteiger partial charge in [-0.05, 0) is 29.7 Å². The van der Waals surface area contributed by atoms with Crippen molar-refractivity contribution in [3.05, 3.63) is 78.9 Å². The number of hydrogen-bond acceptors (Lipinski definition) is 5. The average molecular weight is 342 g/mol. The van der Waals surface area contributed by atoms with E-state index in [9.17, 15) is 9.90 Å². The zero-order valence-electron chi connectivity index (χ0n) is 13.6. The van der Waals surface area contributed by atoms with E-state index in [2.05, 4.69) is 20.3 Å². The lowest BCUT2D eigenvalue weighted by Crippen LogP contribution is -2.14. The van der Waals surface area contributed by atoms with Gasteiger partial charge in [-0.2, -0.15) is 0 Å². The van der Waals surface area contributed by atoms with E-state index < -0.39 is 0 Å². The van der Waals surface area contributed by atoms with Crippen molar-refractivity contribution in [3.63, 3.8) is 0 Å². The second-order valence-corrected chi connectivity index (χ2v) is 5.68. The monoisotopic (exact) mass is 342 g/mol. The van der Waals surface area contributed by atoms with Crippen LogP contribution < -0.4 is 5.32 Å². The summed E-state index contributed by atoms with van der Waals surface area (Å²) in [6.07, 6.45) is 4.83. The molecule has 0 aliphatic rings. The van der Waals surface area contributed by atoms with Gasteiger partial charge in [-0.3, -0.25) is 9.78 Å². The van der Waals surface area contributed by atoms with E-state index in [1.54, 1.807) is 30.6 Å². The molecule has 2 N–H and O–H groups in total. The first-order chi connectivity index (χ1) is 12.7. The number of hydrogen-bond donors (Lipinski definition) is 2. The van der Waals surface area contributed by atoms with Crippen LogP contribution in [0.3, 0.4) is 0 Å². The number of pyridine rings is 1. The molecule has 0 spiro atoms. The molecule has 6 nitrogen and oxygen atoms in total. The van der Waals surface area contributed by atoms with Crippen molar-refractivity contribution in [1.82, 2.24) is 15.0 Å². The molecule has 1 amide bonds. The van der Waals surface area contributed by atoms with Gasteiger partial charge in [-0.25, -0.2) is 9.97 Å². The number of anilines is 1. The largest absolute Gasteiger partial charge is 0.508 e. The van der Waals surface area contributed by atoms with Crippen LogP contribution in [-0.2, 0) is 0 Å². The molecule has 2 aromatic carbocycles. The van der Waals surface area contributed by atoms with Crippen molar-refractivity contribution >= 4 is 22.4 Å². The fraction of sp³-hybridized carbons (Fsp3) is 0. The summed E-state index contributed by atoms with van der Waals surface area (Å²) in [5.74, 6) is 0.123. The lowest BCUT2D eigenvalue weighted by atomic mass is 10.1. The molecule has 2 aromatic heterocycles. The molecule has 4 aromatic rings. The Morgan fingerprint density at radius 3 is 2.73 bits per heavy atom. The summed E-state index contributed by atoms with van der Waals surface area (Å²) in [5.41, 5.74) is 1.48. The third kappa shape index (κ3) is 3.08. The van der Waals surface area contributed by atoms with Gasteiger partial charge in [0.2, 0.25) is 0 Å². The maximum atomic E-state index is 12.7. The number of fused-ring (bicyclic) bond motifs is 1. The molecule has 0 fully saturated rings. The van der Waals surface area contributed by atoms with Crippen molar-refractivity contribution in [2.24, 2.45) is 0 Å². The molecule has 26 heavy (non-hydrogen) atoms. The number of carbonyl (C=O) groups excluding carboxylic acids is 1. The highest BCUT2D eigenvalue weighted by Crippen LogP contribution is 2.29. The Hall–Kier alpha value is -3.80. The average Bonchev–Trinajstić information content (AvgIpc) is 2.68. The van der Waals surface area contributed by atoms with Crippen LogP contribution in [0.25, 0.3) is 22.2 Å². The number of aromatic hydroxyl groups is 1. The molecule has 0 bridgehead atoms. The maximum absolute atomic E-state index is 12.7. The van der Waals surface area contributed by atoms with E-state index >= 15 is 0 Å². The Kier molecular flexibility index (Phi) is 3.99. The van der Waals surface area contributed by atoms with Crippen molar-refractivity contribution < 1.29 is 9.90 Å². The van der Waals surface area contributed by atoms with Crippen molar-refractivity contribution in [2.45, 2.75) is 0 Å². The minimum Gasteiger partial charge on any atom is -0.508 e. The molecule has 0 saturated carbocycles. The Balaban J connectivity index is 1.68. The van der Waals surface area contributed by atoms with Gasteiger partial charge in [0, 0.05) is 35.6 Å². The van der Waals surface area contributed by atoms with Crippen molar-refractivity contribution in [3.8, 4) is 17.1 Å². The topological polar surface area (TPSA) is 88.0 Å². The molecular formula is C20H14N4O2. The lowest BCUT2D eigenvalue weighted by Gasteiger charge is -2.10. The minimum atomic E-state index is -0.381. The predicted octanol–water partition coefficient (Wildman–Crippen LogP) is 3.65. The molecule has 0 aliphatic carbocycles. The van der Waals surface area contributed by atoms with Gasteiger partial charge in [0.1, 0.15) is 11.4 Å². The Bertz CT molecular complexity index is 1100. The Morgan fingerprint density at radius 1 is 1.00 bits per heavy atom. The van der Waals surface area contributed by atoms with Crippen molar-refractivity contribution in [2.75, 3.05) is 5.32 Å². The van der Waals surface area contributed by atoms with Crippen molar-refractivity contribution in [1.29, 1.82) is 0 Å². The molecule has 2 heterocycles. The molecule has 0 saturated heterocycles. The SMILES string of the molecule is O=C(Nc1cc(O)cc2ccccc12)c1ccnc(-c2cccnc2)n1. The van der Waals surface area contributed by atoms with Gasteiger partial charge in [-0.1, -0.05) is 24.3 Å². The molecule has 0 unspecified atom stereocenters. The van der Waals surface area contributed by atoms with Gasteiger partial charge < -0.3 is 10.4 Å². The van der Waals surface area contributed by atoms with Gasteiger partial charge >= 0.3 is 0 Å². The normalized spacial score (nSPS) is 10.6. The quantitative estimate of drug-likeness (QED) is 0.593. The van der Waals surface area contributed by atoms with Gasteiger partial charge in [-0.15, -0.1) is 0 Å². The standard InChI is InChI=1S/C20H14N4O2/c25-15-10-13-4-1-2-6-16(13)18(11-15)24-20(26)17-7-9-22-19(23-17)14-5-3-8-21-12-14/h1-12,25H,(H,24,26). The summed E-state index contributed by atoms with van der Waals surface area (Å²) in [5, 5.41) is 14.4. The Labute approximate surface area is 149 Å². The van der Waals surface area contributed by atoms with Gasteiger partial charge in [0.05, 0.1) is 5.69 Å². The van der Waals surface area contributed by atoms with Crippen LogP contribution in [0, 0.1) is 0 Å².